The molecule has 4 rings (SSSR count). The first-order valence-corrected chi connectivity index (χ1v) is 9.68. The number of aromatic amines is 1. The topological polar surface area (TPSA) is 108 Å². The van der Waals surface area contributed by atoms with Crippen molar-refractivity contribution < 1.29 is 14.3 Å². The van der Waals surface area contributed by atoms with E-state index in [1.165, 1.54) is 0 Å². The summed E-state index contributed by atoms with van der Waals surface area (Å²) in [7, 11) is 0. The maximum Gasteiger partial charge on any atom is 0.407 e. The van der Waals surface area contributed by atoms with Gasteiger partial charge in [-0.3, -0.25) is 9.89 Å². The molecule has 2 aliphatic rings. The van der Waals surface area contributed by atoms with Crippen LogP contribution in [0.1, 0.15) is 50.3 Å². The second-order valence-electron chi connectivity index (χ2n) is 7.77. The van der Waals surface area contributed by atoms with Crippen molar-refractivity contribution >= 4 is 29.2 Å². The van der Waals surface area contributed by atoms with Crippen molar-refractivity contribution in [3.63, 3.8) is 0 Å². The number of ether oxygens (including phenoxy) is 1. The fourth-order valence-corrected chi connectivity index (χ4v) is 3.82. The molecule has 0 radical (unpaired) electrons. The molecule has 2 amide bonds. The predicted octanol–water partition coefficient (Wildman–Crippen LogP) is 3.42. The quantitative estimate of drug-likeness (QED) is 0.633. The van der Waals surface area contributed by atoms with Gasteiger partial charge in [0.25, 0.3) is 0 Å². The van der Waals surface area contributed by atoms with Crippen LogP contribution in [-0.2, 0) is 16.0 Å². The van der Waals surface area contributed by atoms with Crippen LogP contribution in [0.5, 0.6) is 0 Å². The molecule has 2 aromatic rings. The van der Waals surface area contributed by atoms with Crippen LogP contribution < -0.4 is 16.0 Å². The molecule has 1 aromatic carbocycles. The number of amides is 2. The van der Waals surface area contributed by atoms with E-state index < -0.39 is 0 Å². The van der Waals surface area contributed by atoms with E-state index >= 15 is 0 Å². The molecule has 1 aliphatic carbocycles. The van der Waals surface area contributed by atoms with Crippen LogP contribution in [0, 0.1) is 0 Å². The lowest BCUT2D eigenvalue weighted by atomic mass is 10.0. The molecule has 2 atom stereocenters. The summed E-state index contributed by atoms with van der Waals surface area (Å²) >= 11 is 0. The number of nitrogens with one attached hydrogen (secondary N) is 4. The average molecular weight is 383 g/mol. The number of fused-ring (bicyclic) bond motifs is 1. The first-order chi connectivity index (χ1) is 13.5. The third-order valence-electron chi connectivity index (χ3n) is 5.10. The molecule has 28 heavy (non-hydrogen) atoms. The molecule has 148 valence electrons. The highest BCUT2D eigenvalue weighted by atomic mass is 16.6. The second-order valence-corrected chi connectivity index (χ2v) is 7.77. The minimum absolute atomic E-state index is 0.0225. The maximum atomic E-state index is 11.8. The Morgan fingerprint density at radius 2 is 2.14 bits per heavy atom. The number of rotatable bonds is 5. The Labute approximate surface area is 163 Å². The van der Waals surface area contributed by atoms with Gasteiger partial charge in [0.1, 0.15) is 6.10 Å². The van der Waals surface area contributed by atoms with E-state index in [9.17, 15) is 9.59 Å². The largest absolute Gasteiger partial charge is 0.446 e. The molecule has 4 N–H and O–H groups in total. The standard InChI is InChI=1S/C20H25N5O3/c1-11(2)21-20(27)28-15-5-3-12(8-15)17-10-18(25-24-17)22-14-4-6-16-13(7-14)9-19(26)23-16/h4,6-7,10-12,15H,3,5,8-9H2,1-2H3,(H,21,27)(H,23,26)(H2,22,24,25)/t12-,15+/m1/s1. The lowest BCUT2D eigenvalue weighted by Crippen LogP contribution is -2.33. The number of carbonyl (C=O) groups is 2. The second kappa shape index (κ2) is 7.53. The smallest absolute Gasteiger partial charge is 0.407 e. The van der Waals surface area contributed by atoms with Crippen molar-refractivity contribution in [2.45, 2.75) is 57.6 Å². The highest BCUT2D eigenvalue weighted by Crippen LogP contribution is 2.36. The normalized spacial score (nSPS) is 20.8. The molecule has 0 spiro atoms. The highest BCUT2D eigenvalue weighted by molar-refractivity contribution is 5.99. The van der Waals surface area contributed by atoms with Crippen molar-refractivity contribution in [2.75, 3.05) is 10.6 Å². The minimum Gasteiger partial charge on any atom is -0.446 e. The average Bonchev–Trinajstić information content (AvgIpc) is 3.32. The van der Waals surface area contributed by atoms with Crippen molar-refractivity contribution in [1.29, 1.82) is 0 Å². The molecule has 8 heteroatoms. The van der Waals surface area contributed by atoms with Crippen LogP contribution in [0.15, 0.2) is 24.3 Å². The molecule has 1 aromatic heterocycles. The predicted molar refractivity (Wildman–Crippen MR) is 106 cm³/mol. The Morgan fingerprint density at radius 3 is 2.96 bits per heavy atom. The Morgan fingerprint density at radius 1 is 1.29 bits per heavy atom. The number of benzene rings is 1. The van der Waals surface area contributed by atoms with Crippen molar-refractivity contribution in [1.82, 2.24) is 15.5 Å². The fourth-order valence-electron chi connectivity index (χ4n) is 3.82. The van der Waals surface area contributed by atoms with Gasteiger partial charge in [-0.1, -0.05) is 0 Å². The van der Waals surface area contributed by atoms with E-state index in [4.69, 9.17) is 4.74 Å². The minimum atomic E-state index is -0.350. The van der Waals surface area contributed by atoms with E-state index in [1.54, 1.807) is 0 Å². The van der Waals surface area contributed by atoms with E-state index in [1.807, 2.05) is 38.1 Å². The van der Waals surface area contributed by atoms with E-state index in [0.29, 0.717) is 12.3 Å². The van der Waals surface area contributed by atoms with Crippen LogP contribution >= 0.6 is 0 Å². The summed E-state index contributed by atoms with van der Waals surface area (Å²) in [6.45, 7) is 3.82. The number of H-pyrrole nitrogens is 1. The van der Waals surface area contributed by atoms with Gasteiger partial charge >= 0.3 is 6.09 Å². The third kappa shape index (κ3) is 4.11. The Bertz CT molecular complexity index is 892. The fraction of sp³-hybridized carbons (Fsp3) is 0.450. The number of nitrogens with zero attached hydrogens (tertiary/aromatic N) is 1. The maximum absolute atomic E-state index is 11.8. The summed E-state index contributed by atoms with van der Waals surface area (Å²) in [4.78, 5) is 23.3. The molecule has 1 fully saturated rings. The molecule has 1 saturated carbocycles. The van der Waals surface area contributed by atoms with Gasteiger partial charge in [0.15, 0.2) is 5.82 Å². The van der Waals surface area contributed by atoms with Gasteiger partial charge in [-0.25, -0.2) is 4.79 Å². The molecule has 8 nitrogen and oxygen atoms in total. The van der Waals surface area contributed by atoms with Crippen LogP contribution in [0.25, 0.3) is 0 Å². The van der Waals surface area contributed by atoms with Gasteiger partial charge in [0.05, 0.1) is 6.42 Å². The zero-order valence-corrected chi connectivity index (χ0v) is 16.0. The number of hydrogen-bond donors (Lipinski definition) is 4. The number of alkyl carbamates (subject to hydrolysis) is 1. The molecule has 0 saturated heterocycles. The van der Waals surface area contributed by atoms with Crippen LogP contribution in [0.2, 0.25) is 0 Å². The van der Waals surface area contributed by atoms with Gasteiger partial charge in [0, 0.05) is 35.1 Å². The SMILES string of the molecule is CC(C)NC(=O)O[C@H]1CC[C@@H](c2cc(Nc3ccc4c(c3)CC(=O)N4)n[nH]2)C1. The first-order valence-electron chi connectivity index (χ1n) is 9.68. The van der Waals surface area contributed by atoms with Crippen LogP contribution in [0.3, 0.4) is 0 Å². The van der Waals surface area contributed by atoms with Gasteiger partial charge in [-0.05, 0) is 56.9 Å². The van der Waals surface area contributed by atoms with Gasteiger partial charge < -0.3 is 20.7 Å². The number of anilines is 3. The lowest BCUT2D eigenvalue weighted by Gasteiger charge is -2.14. The summed E-state index contributed by atoms with van der Waals surface area (Å²) in [6, 6.07) is 7.86. The van der Waals surface area contributed by atoms with Crippen molar-refractivity contribution in [3.8, 4) is 0 Å². The number of hydrogen-bond acceptors (Lipinski definition) is 5. The molecular weight excluding hydrogens is 358 g/mol. The highest BCUT2D eigenvalue weighted by Gasteiger charge is 2.30. The molecule has 2 heterocycles. The summed E-state index contributed by atoms with van der Waals surface area (Å²) in [5.41, 5.74) is 3.79. The molecule has 1 aliphatic heterocycles. The summed E-state index contributed by atoms with van der Waals surface area (Å²) in [5, 5.41) is 16.3. The number of carbonyl (C=O) groups excluding carboxylic acids is 2. The van der Waals surface area contributed by atoms with Gasteiger partial charge in [-0.15, -0.1) is 0 Å². The number of aromatic nitrogens is 2. The van der Waals surface area contributed by atoms with Gasteiger partial charge in [-0.2, -0.15) is 5.10 Å². The zero-order chi connectivity index (χ0) is 19.7. The Kier molecular flexibility index (Phi) is 4.93. The van der Waals surface area contributed by atoms with E-state index in [0.717, 1.165) is 47.7 Å². The Hall–Kier alpha value is -3.03. The summed E-state index contributed by atoms with van der Waals surface area (Å²) in [5.74, 6) is 1.05. The molecular formula is C20H25N5O3. The molecule has 0 unspecified atom stereocenters. The third-order valence-corrected chi connectivity index (χ3v) is 5.10. The summed E-state index contributed by atoms with van der Waals surface area (Å²) < 4.78 is 5.49. The van der Waals surface area contributed by atoms with Crippen molar-refractivity contribution in [3.05, 3.63) is 35.5 Å². The van der Waals surface area contributed by atoms with Gasteiger partial charge in [0.2, 0.25) is 5.91 Å². The van der Waals surface area contributed by atoms with E-state index in [2.05, 4.69) is 26.1 Å². The first kappa shape index (κ1) is 18.3. The summed E-state index contributed by atoms with van der Waals surface area (Å²) in [6.07, 6.45) is 2.59. The zero-order valence-electron chi connectivity index (χ0n) is 16.0. The Balaban J connectivity index is 1.34. The van der Waals surface area contributed by atoms with Crippen LogP contribution in [-0.4, -0.2) is 34.3 Å². The lowest BCUT2D eigenvalue weighted by molar-refractivity contribution is -0.115. The molecule has 0 bridgehead atoms. The van der Waals surface area contributed by atoms with Crippen LogP contribution in [0.4, 0.5) is 22.0 Å². The van der Waals surface area contributed by atoms with E-state index in [-0.39, 0.29) is 24.1 Å². The van der Waals surface area contributed by atoms with Crippen molar-refractivity contribution in [2.24, 2.45) is 0 Å². The monoisotopic (exact) mass is 383 g/mol.